The van der Waals surface area contributed by atoms with Crippen molar-refractivity contribution in [3.63, 3.8) is 0 Å². The highest BCUT2D eigenvalue weighted by molar-refractivity contribution is 7.98. The van der Waals surface area contributed by atoms with Crippen LogP contribution in [0, 0.1) is 6.92 Å². The fraction of sp³-hybridized carbons (Fsp3) is 0.316. The first kappa shape index (κ1) is 15.3. The Hall–Kier alpha value is -2.74. The summed E-state index contributed by atoms with van der Waals surface area (Å²) < 4.78 is 36.7. The summed E-state index contributed by atoms with van der Waals surface area (Å²) in [5.74, 6) is 0.533. The Kier molecular flexibility index (Phi) is 4.71. The summed E-state index contributed by atoms with van der Waals surface area (Å²) in [6, 6.07) is 5.62. The Labute approximate surface area is 165 Å². The highest BCUT2D eigenvalue weighted by Crippen LogP contribution is 2.30. The number of pyridine rings is 1. The molecule has 0 saturated carbocycles. The number of methoxy groups -OCH3 is 2. The number of carbonyl (C=O) groups is 1. The molecule has 8 heteroatoms. The lowest BCUT2D eigenvalue weighted by Gasteiger charge is -2.14. The van der Waals surface area contributed by atoms with Gasteiger partial charge in [-0.3, -0.25) is 9.78 Å². The summed E-state index contributed by atoms with van der Waals surface area (Å²) >= 11 is 1.49. The van der Waals surface area contributed by atoms with Crippen LogP contribution in [0.4, 0.5) is 0 Å². The van der Waals surface area contributed by atoms with E-state index in [9.17, 15) is 4.79 Å². The molecule has 2 heterocycles. The molecule has 1 aromatic carbocycles. The number of nitrogens with zero attached hydrogens (tertiary/aromatic N) is 2. The first-order chi connectivity index (χ1) is 14.2. The molecule has 0 aliphatic heterocycles. The second kappa shape index (κ2) is 8.30. The number of carbonyl (C=O) groups excluding carboxylic acids is 1. The first-order valence-electron chi connectivity index (χ1n) is 9.58. The maximum Gasteiger partial charge on any atom is 0.302 e. The lowest BCUT2D eigenvalue weighted by Crippen LogP contribution is -2.05. The summed E-state index contributed by atoms with van der Waals surface area (Å²) in [6.45, 7) is -1.18. The van der Waals surface area contributed by atoms with E-state index in [2.05, 4.69) is 15.0 Å². The lowest BCUT2D eigenvalue weighted by molar-refractivity contribution is -0.142. The third kappa shape index (κ3) is 4.33. The van der Waals surface area contributed by atoms with E-state index in [1.807, 2.05) is 25.1 Å². The van der Waals surface area contributed by atoms with Crippen molar-refractivity contribution >= 4 is 28.8 Å². The molecule has 0 amide bonds. The van der Waals surface area contributed by atoms with Crippen molar-refractivity contribution in [3.05, 3.63) is 41.2 Å². The van der Waals surface area contributed by atoms with Crippen LogP contribution < -0.4 is 9.47 Å². The van der Waals surface area contributed by atoms with Crippen LogP contribution in [0.2, 0.25) is 0 Å². The Morgan fingerprint density at radius 2 is 2.19 bits per heavy atom. The summed E-state index contributed by atoms with van der Waals surface area (Å²) in [7, 11) is 3.11. The fourth-order valence-electron chi connectivity index (χ4n) is 2.66. The summed E-state index contributed by atoms with van der Waals surface area (Å²) in [5, 5.41) is 0.745. The molecule has 3 aromatic rings. The van der Waals surface area contributed by atoms with Gasteiger partial charge in [0.1, 0.15) is 18.1 Å². The number of fused-ring (bicyclic) bond motifs is 1. The van der Waals surface area contributed by atoms with Gasteiger partial charge in [0.15, 0.2) is 5.16 Å². The summed E-state index contributed by atoms with van der Waals surface area (Å²) in [4.78, 5) is 23.7. The molecule has 3 rings (SSSR count). The molecular weight excluding hydrogens is 366 g/mol. The third-order valence-corrected chi connectivity index (χ3v) is 4.90. The molecule has 0 aliphatic rings. The average molecular weight is 390 g/mol. The van der Waals surface area contributed by atoms with Crippen LogP contribution in [0.5, 0.6) is 11.5 Å². The van der Waals surface area contributed by atoms with Crippen molar-refractivity contribution in [2.75, 3.05) is 14.2 Å². The molecule has 0 spiro atoms. The standard InChI is InChI=1S/C19H21N3O4S/c1-11-17(20-8-13(18(11)25-4)9-26-12(2)23)10-27-19-21-15-6-5-14(24-3)7-16(15)22-19/h5-8H,9-10H2,1-4H3,(H,21,22)/i2D3. The maximum atomic E-state index is 11.5. The van der Waals surface area contributed by atoms with Crippen molar-refractivity contribution in [2.45, 2.75) is 31.3 Å². The number of aromatic amines is 1. The average Bonchev–Trinajstić information content (AvgIpc) is 3.12. The van der Waals surface area contributed by atoms with Gasteiger partial charge in [0, 0.05) is 34.5 Å². The van der Waals surface area contributed by atoms with Gasteiger partial charge in [-0.15, -0.1) is 0 Å². The Morgan fingerprint density at radius 3 is 2.93 bits per heavy atom. The van der Waals surface area contributed by atoms with Gasteiger partial charge >= 0.3 is 5.97 Å². The molecule has 0 fully saturated rings. The van der Waals surface area contributed by atoms with Gasteiger partial charge in [-0.2, -0.15) is 0 Å². The van der Waals surface area contributed by atoms with Gasteiger partial charge in [0.2, 0.25) is 0 Å². The van der Waals surface area contributed by atoms with E-state index in [-0.39, 0.29) is 6.61 Å². The zero-order valence-corrected chi connectivity index (χ0v) is 16.0. The van der Waals surface area contributed by atoms with Crippen LogP contribution in [-0.2, 0) is 21.9 Å². The molecule has 142 valence electrons. The minimum Gasteiger partial charge on any atom is -0.497 e. The van der Waals surface area contributed by atoms with Crippen molar-refractivity contribution < 1.29 is 23.1 Å². The number of benzene rings is 1. The van der Waals surface area contributed by atoms with Gasteiger partial charge in [0.25, 0.3) is 0 Å². The zero-order valence-electron chi connectivity index (χ0n) is 18.2. The molecule has 1 N–H and O–H groups in total. The number of nitrogens with one attached hydrogen (secondary N) is 1. The van der Waals surface area contributed by atoms with Gasteiger partial charge in [-0.25, -0.2) is 4.98 Å². The number of hydrogen-bond acceptors (Lipinski definition) is 7. The molecule has 27 heavy (non-hydrogen) atoms. The van der Waals surface area contributed by atoms with E-state index in [1.54, 1.807) is 7.11 Å². The van der Waals surface area contributed by atoms with Crippen LogP contribution in [0.3, 0.4) is 0 Å². The van der Waals surface area contributed by atoms with E-state index in [4.69, 9.17) is 18.3 Å². The molecule has 0 radical (unpaired) electrons. The van der Waals surface area contributed by atoms with Crippen LogP contribution >= 0.6 is 11.8 Å². The highest BCUT2D eigenvalue weighted by atomic mass is 32.2. The van der Waals surface area contributed by atoms with E-state index in [1.165, 1.54) is 25.1 Å². The van der Waals surface area contributed by atoms with Gasteiger partial charge in [0.05, 0.1) is 36.5 Å². The van der Waals surface area contributed by atoms with Gasteiger partial charge in [-0.1, -0.05) is 11.8 Å². The van der Waals surface area contributed by atoms with Crippen molar-refractivity contribution in [2.24, 2.45) is 0 Å². The minimum atomic E-state index is -2.80. The summed E-state index contributed by atoms with van der Waals surface area (Å²) in [6.07, 6.45) is 1.53. The van der Waals surface area contributed by atoms with E-state index < -0.39 is 12.8 Å². The number of thioether (sulfide) groups is 1. The number of rotatable bonds is 7. The second-order valence-electron chi connectivity index (χ2n) is 5.68. The molecule has 0 saturated heterocycles. The Bertz CT molecular complexity index is 1070. The monoisotopic (exact) mass is 390 g/mol. The lowest BCUT2D eigenvalue weighted by atomic mass is 10.1. The largest absolute Gasteiger partial charge is 0.497 e. The number of aromatic nitrogens is 3. The summed E-state index contributed by atoms with van der Waals surface area (Å²) in [5.41, 5.74) is 3.78. The smallest absolute Gasteiger partial charge is 0.302 e. The molecule has 7 nitrogen and oxygen atoms in total. The number of imidazole rings is 1. The molecule has 2 aromatic heterocycles. The Morgan fingerprint density at radius 1 is 1.33 bits per heavy atom. The minimum absolute atomic E-state index is 0.229. The topological polar surface area (TPSA) is 86.3 Å². The fourth-order valence-corrected chi connectivity index (χ4v) is 3.57. The normalized spacial score (nSPS) is 12.9. The maximum absolute atomic E-state index is 11.5. The third-order valence-electron chi connectivity index (χ3n) is 4.02. The number of ether oxygens (including phenoxy) is 3. The Balaban J connectivity index is 1.73. The molecular formula is C19H21N3O4S. The van der Waals surface area contributed by atoms with Crippen molar-refractivity contribution in [1.82, 2.24) is 15.0 Å². The van der Waals surface area contributed by atoms with E-state index in [0.717, 1.165) is 33.2 Å². The SMILES string of the molecule is [2H]C([2H])([2H])C(=O)OCc1cnc(CSc2nc3ccc(OC)cc3[nH]2)c(C)c1OC. The number of hydrogen-bond donors (Lipinski definition) is 1. The van der Waals surface area contributed by atoms with Crippen LogP contribution in [0.15, 0.2) is 29.6 Å². The van der Waals surface area contributed by atoms with Crippen molar-refractivity contribution in [1.29, 1.82) is 0 Å². The van der Waals surface area contributed by atoms with Gasteiger partial charge in [-0.05, 0) is 19.1 Å². The van der Waals surface area contributed by atoms with Crippen LogP contribution in [0.1, 0.15) is 27.8 Å². The quantitative estimate of drug-likeness (QED) is 0.487. The zero-order chi connectivity index (χ0) is 21.9. The van der Waals surface area contributed by atoms with Crippen LogP contribution in [0.25, 0.3) is 11.0 Å². The molecule has 0 aliphatic carbocycles. The van der Waals surface area contributed by atoms with Crippen LogP contribution in [-0.4, -0.2) is 35.1 Å². The van der Waals surface area contributed by atoms with E-state index in [0.29, 0.717) is 17.1 Å². The van der Waals surface area contributed by atoms with Gasteiger partial charge < -0.3 is 19.2 Å². The number of H-pyrrole nitrogens is 1. The molecule has 0 atom stereocenters. The van der Waals surface area contributed by atoms with E-state index >= 15 is 0 Å². The first-order valence-corrected chi connectivity index (χ1v) is 9.06. The highest BCUT2D eigenvalue weighted by Gasteiger charge is 2.14. The molecule has 0 unspecified atom stereocenters. The predicted octanol–water partition coefficient (Wildman–Crippen LogP) is 3.64. The predicted molar refractivity (Wildman–Crippen MR) is 103 cm³/mol. The van der Waals surface area contributed by atoms with Crippen molar-refractivity contribution in [3.8, 4) is 11.5 Å². The molecule has 0 bridgehead atoms. The second-order valence-corrected chi connectivity index (χ2v) is 6.64. The number of esters is 1.